The van der Waals surface area contributed by atoms with Crippen molar-refractivity contribution in [2.24, 2.45) is 5.92 Å². The predicted molar refractivity (Wildman–Crippen MR) is 100 cm³/mol. The molecule has 1 unspecified atom stereocenters. The molecule has 1 aliphatic heterocycles. The molecule has 0 saturated carbocycles. The number of aryl methyl sites for hydroxylation is 1. The van der Waals surface area contributed by atoms with Gasteiger partial charge in [0.1, 0.15) is 0 Å². The number of hydrogen-bond acceptors (Lipinski definition) is 2. The Morgan fingerprint density at radius 1 is 1.24 bits per heavy atom. The molecule has 1 atom stereocenters. The van der Waals surface area contributed by atoms with Gasteiger partial charge in [-0.3, -0.25) is 9.48 Å². The Bertz CT molecular complexity index is 733. The van der Waals surface area contributed by atoms with Gasteiger partial charge in [0.15, 0.2) is 0 Å². The van der Waals surface area contributed by atoms with Crippen molar-refractivity contribution in [3.63, 3.8) is 0 Å². The van der Waals surface area contributed by atoms with Crippen molar-refractivity contribution < 1.29 is 4.79 Å². The number of aromatic nitrogens is 2. The lowest BCUT2D eigenvalue weighted by atomic mass is 10.0. The van der Waals surface area contributed by atoms with Gasteiger partial charge >= 0.3 is 0 Å². The fraction of sp³-hybridized carbons (Fsp3) is 0.524. The van der Waals surface area contributed by atoms with Crippen LogP contribution in [0.3, 0.4) is 0 Å². The smallest absolute Gasteiger partial charge is 0.227 e. The van der Waals surface area contributed by atoms with E-state index in [0.717, 1.165) is 42.9 Å². The van der Waals surface area contributed by atoms with E-state index in [0.29, 0.717) is 12.3 Å². The van der Waals surface area contributed by atoms with Crippen LogP contribution in [-0.4, -0.2) is 27.1 Å². The molecule has 1 saturated heterocycles. The largest absolute Gasteiger partial charge is 0.335 e. The summed E-state index contributed by atoms with van der Waals surface area (Å²) in [6, 6.07) is 10.6. The van der Waals surface area contributed by atoms with Crippen LogP contribution in [-0.2, 0) is 17.8 Å². The average molecular weight is 339 g/mol. The van der Waals surface area contributed by atoms with E-state index in [1.807, 2.05) is 13.0 Å². The average Bonchev–Trinajstić information content (AvgIpc) is 3.16. The van der Waals surface area contributed by atoms with Crippen LogP contribution in [0.15, 0.2) is 30.3 Å². The highest BCUT2D eigenvalue weighted by molar-refractivity contribution is 5.80. The first-order valence-electron chi connectivity index (χ1n) is 9.34. The van der Waals surface area contributed by atoms with Crippen LogP contribution < -0.4 is 0 Å². The van der Waals surface area contributed by atoms with Crippen LogP contribution in [0, 0.1) is 19.8 Å². The third-order valence-electron chi connectivity index (χ3n) is 5.15. The molecule has 2 aromatic rings. The Hall–Kier alpha value is -2.10. The number of rotatable bonds is 5. The van der Waals surface area contributed by atoms with Gasteiger partial charge < -0.3 is 4.90 Å². The summed E-state index contributed by atoms with van der Waals surface area (Å²) in [5.74, 6) is 0.768. The Labute approximate surface area is 150 Å². The summed E-state index contributed by atoms with van der Waals surface area (Å²) < 4.78 is 2.06. The minimum Gasteiger partial charge on any atom is -0.335 e. The van der Waals surface area contributed by atoms with Crippen LogP contribution in [0.4, 0.5) is 0 Å². The van der Waals surface area contributed by atoms with Crippen molar-refractivity contribution in [1.29, 1.82) is 0 Å². The molecule has 134 valence electrons. The number of nitrogens with zero attached hydrogens (tertiary/aromatic N) is 3. The van der Waals surface area contributed by atoms with Crippen molar-refractivity contribution in [3.8, 4) is 0 Å². The maximum absolute atomic E-state index is 13.0. The van der Waals surface area contributed by atoms with E-state index in [1.165, 1.54) is 5.56 Å². The normalized spacial score (nSPS) is 17.5. The molecule has 0 spiro atoms. The summed E-state index contributed by atoms with van der Waals surface area (Å²) >= 11 is 0. The number of amides is 1. The maximum Gasteiger partial charge on any atom is 0.227 e. The summed E-state index contributed by atoms with van der Waals surface area (Å²) in [7, 11) is 0. The SMILES string of the molecule is Cc1nn(CC(C)C)c(C)c1CC(=O)N1CCCC1c1ccccc1. The monoisotopic (exact) mass is 339 g/mol. The third kappa shape index (κ3) is 3.78. The van der Waals surface area contributed by atoms with E-state index in [9.17, 15) is 4.79 Å². The summed E-state index contributed by atoms with van der Waals surface area (Å²) in [5.41, 5.74) is 4.47. The Balaban J connectivity index is 1.77. The van der Waals surface area contributed by atoms with Gasteiger partial charge in [-0.1, -0.05) is 44.2 Å². The number of likely N-dealkylation sites (tertiary alicyclic amines) is 1. The van der Waals surface area contributed by atoms with Crippen molar-refractivity contribution in [1.82, 2.24) is 14.7 Å². The van der Waals surface area contributed by atoms with Gasteiger partial charge in [0.25, 0.3) is 0 Å². The first kappa shape index (κ1) is 17.7. The summed E-state index contributed by atoms with van der Waals surface area (Å²) in [6.45, 7) is 10.2. The predicted octanol–water partition coefficient (Wildman–Crippen LogP) is 4.06. The zero-order valence-corrected chi connectivity index (χ0v) is 15.8. The number of benzene rings is 1. The second-order valence-electron chi connectivity index (χ2n) is 7.56. The number of carbonyl (C=O) groups is 1. The van der Waals surface area contributed by atoms with Crippen molar-refractivity contribution in [2.45, 2.75) is 59.5 Å². The fourth-order valence-electron chi connectivity index (χ4n) is 3.85. The highest BCUT2D eigenvalue weighted by Gasteiger charge is 2.30. The molecule has 1 aromatic carbocycles. The second-order valence-corrected chi connectivity index (χ2v) is 7.56. The first-order chi connectivity index (χ1) is 12.0. The van der Waals surface area contributed by atoms with Crippen LogP contribution >= 0.6 is 0 Å². The lowest BCUT2D eigenvalue weighted by Gasteiger charge is -2.25. The second kappa shape index (κ2) is 7.42. The van der Waals surface area contributed by atoms with Gasteiger partial charge in [-0.25, -0.2) is 0 Å². The molecule has 1 amide bonds. The van der Waals surface area contributed by atoms with Gasteiger partial charge in [0.2, 0.25) is 5.91 Å². The van der Waals surface area contributed by atoms with Gasteiger partial charge in [-0.05, 0) is 38.2 Å². The lowest BCUT2D eigenvalue weighted by Crippen LogP contribution is -2.32. The van der Waals surface area contributed by atoms with E-state index >= 15 is 0 Å². The van der Waals surface area contributed by atoms with Crippen molar-refractivity contribution >= 4 is 5.91 Å². The molecular formula is C21H29N3O. The molecule has 1 fully saturated rings. The van der Waals surface area contributed by atoms with Crippen LogP contribution in [0.5, 0.6) is 0 Å². The molecule has 0 aliphatic carbocycles. The Morgan fingerprint density at radius 3 is 2.64 bits per heavy atom. The standard InChI is InChI=1S/C21H29N3O/c1-15(2)14-24-17(4)19(16(3)22-24)13-21(25)23-12-8-11-20(23)18-9-6-5-7-10-18/h5-7,9-10,15,20H,8,11-14H2,1-4H3. The molecular weight excluding hydrogens is 310 g/mol. The molecule has 25 heavy (non-hydrogen) atoms. The Kier molecular flexibility index (Phi) is 5.26. The first-order valence-corrected chi connectivity index (χ1v) is 9.34. The minimum absolute atomic E-state index is 0.222. The molecule has 0 bridgehead atoms. The van der Waals surface area contributed by atoms with E-state index < -0.39 is 0 Å². The van der Waals surface area contributed by atoms with Crippen LogP contribution in [0.25, 0.3) is 0 Å². The van der Waals surface area contributed by atoms with E-state index in [-0.39, 0.29) is 11.9 Å². The van der Waals surface area contributed by atoms with E-state index in [4.69, 9.17) is 0 Å². The molecule has 1 aliphatic rings. The summed E-state index contributed by atoms with van der Waals surface area (Å²) in [4.78, 5) is 15.1. The topological polar surface area (TPSA) is 38.1 Å². The maximum atomic E-state index is 13.0. The third-order valence-corrected chi connectivity index (χ3v) is 5.15. The minimum atomic E-state index is 0.222. The van der Waals surface area contributed by atoms with Gasteiger partial charge in [-0.15, -0.1) is 0 Å². The van der Waals surface area contributed by atoms with Gasteiger partial charge in [0, 0.05) is 24.3 Å². The zero-order valence-electron chi connectivity index (χ0n) is 15.8. The van der Waals surface area contributed by atoms with E-state index in [1.54, 1.807) is 0 Å². The van der Waals surface area contributed by atoms with E-state index in [2.05, 4.69) is 59.7 Å². The highest BCUT2D eigenvalue weighted by atomic mass is 16.2. The number of hydrogen-bond donors (Lipinski definition) is 0. The lowest BCUT2D eigenvalue weighted by molar-refractivity contribution is -0.131. The molecule has 0 radical (unpaired) electrons. The molecule has 3 rings (SSSR count). The molecule has 0 N–H and O–H groups in total. The molecule has 1 aromatic heterocycles. The van der Waals surface area contributed by atoms with Crippen molar-refractivity contribution in [3.05, 3.63) is 52.8 Å². The molecule has 4 heteroatoms. The van der Waals surface area contributed by atoms with Gasteiger partial charge in [0.05, 0.1) is 18.2 Å². The molecule has 2 heterocycles. The Morgan fingerprint density at radius 2 is 1.96 bits per heavy atom. The summed E-state index contributed by atoms with van der Waals surface area (Å²) in [6.07, 6.45) is 2.59. The zero-order chi connectivity index (χ0) is 18.0. The van der Waals surface area contributed by atoms with Crippen molar-refractivity contribution in [2.75, 3.05) is 6.54 Å². The quantitative estimate of drug-likeness (QED) is 0.824. The number of carbonyl (C=O) groups excluding carboxylic acids is 1. The highest BCUT2D eigenvalue weighted by Crippen LogP contribution is 2.32. The fourth-order valence-corrected chi connectivity index (χ4v) is 3.85. The van der Waals surface area contributed by atoms with Gasteiger partial charge in [-0.2, -0.15) is 5.10 Å². The van der Waals surface area contributed by atoms with Crippen LogP contribution in [0.2, 0.25) is 0 Å². The molecule has 4 nitrogen and oxygen atoms in total. The summed E-state index contributed by atoms with van der Waals surface area (Å²) in [5, 5.41) is 4.65. The van der Waals surface area contributed by atoms with Crippen LogP contribution in [0.1, 0.15) is 55.2 Å².